The molecule has 0 aliphatic rings. The lowest BCUT2D eigenvalue weighted by Gasteiger charge is -2.11. The third-order valence-corrected chi connectivity index (χ3v) is 3.76. The summed E-state index contributed by atoms with van der Waals surface area (Å²) in [7, 11) is 0. The average Bonchev–Trinajstić information content (AvgIpc) is 2.48. The molecule has 6 heteroatoms. The van der Waals surface area contributed by atoms with Crippen LogP contribution in [-0.2, 0) is 4.79 Å². The molecular weight excluding hydrogens is 380 g/mol. The molecule has 0 saturated carbocycles. The summed E-state index contributed by atoms with van der Waals surface area (Å²) in [4.78, 5) is 11.8. The van der Waals surface area contributed by atoms with Crippen molar-refractivity contribution in [1.82, 2.24) is 5.43 Å². The highest BCUT2D eigenvalue weighted by Crippen LogP contribution is 2.27. The largest absolute Gasteiger partial charge is 0.483 e. The van der Waals surface area contributed by atoms with E-state index in [1.807, 2.05) is 38.1 Å². The number of rotatable bonds is 5. The van der Waals surface area contributed by atoms with E-state index in [9.17, 15) is 4.79 Å². The van der Waals surface area contributed by atoms with Crippen LogP contribution < -0.4 is 10.2 Å². The zero-order chi connectivity index (χ0) is 16.8. The first-order valence-electron chi connectivity index (χ1n) is 6.92. The second-order valence-corrected chi connectivity index (χ2v) is 6.35. The summed E-state index contributed by atoms with van der Waals surface area (Å²) in [6.45, 7) is 3.77. The Balaban J connectivity index is 1.87. The van der Waals surface area contributed by atoms with Crippen LogP contribution in [0.25, 0.3) is 0 Å². The zero-order valence-electron chi connectivity index (χ0n) is 12.8. The van der Waals surface area contributed by atoms with Crippen LogP contribution in [-0.4, -0.2) is 18.7 Å². The van der Waals surface area contributed by atoms with Gasteiger partial charge in [-0.15, -0.1) is 0 Å². The van der Waals surface area contributed by atoms with Crippen molar-refractivity contribution < 1.29 is 9.53 Å². The number of carbonyl (C=O) groups excluding carboxylic acids is 1. The first kappa shape index (κ1) is 17.5. The Kier molecular flexibility index (Phi) is 6.19. The van der Waals surface area contributed by atoms with Crippen molar-refractivity contribution in [2.24, 2.45) is 5.10 Å². The first-order chi connectivity index (χ1) is 11.0. The Hall–Kier alpha value is -1.85. The lowest BCUT2D eigenvalue weighted by atomic mass is 10.1. The minimum atomic E-state index is -0.322. The Morgan fingerprint density at radius 2 is 1.87 bits per heavy atom. The normalized spacial score (nSPS) is 10.8. The van der Waals surface area contributed by atoms with Gasteiger partial charge in [0, 0.05) is 9.50 Å². The number of nitrogens with zero attached hydrogens (tertiary/aromatic N) is 1. The summed E-state index contributed by atoms with van der Waals surface area (Å²) in [6, 6.07) is 11.0. The van der Waals surface area contributed by atoms with Gasteiger partial charge in [-0.25, -0.2) is 5.43 Å². The zero-order valence-corrected chi connectivity index (χ0v) is 15.1. The van der Waals surface area contributed by atoms with Gasteiger partial charge in [0.2, 0.25) is 0 Å². The molecule has 2 rings (SSSR count). The molecule has 4 nitrogen and oxygen atoms in total. The molecule has 0 heterocycles. The molecule has 0 saturated heterocycles. The molecule has 0 aromatic heterocycles. The molecule has 0 radical (unpaired) electrons. The van der Waals surface area contributed by atoms with E-state index in [1.165, 1.54) is 0 Å². The van der Waals surface area contributed by atoms with Crippen LogP contribution >= 0.6 is 27.5 Å². The molecule has 2 aromatic carbocycles. The van der Waals surface area contributed by atoms with E-state index < -0.39 is 0 Å². The average molecular weight is 396 g/mol. The highest BCUT2D eigenvalue weighted by Gasteiger charge is 2.08. The first-order valence-corrected chi connectivity index (χ1v) is 8.10. The van der Waals surface area contributed by atoms with Gasteiger partial charge in [-0.05, 0) is 54.8 Å². The Morgan fingerprint density at radius 1 is 1.26 bits per heavy atom. The van der Waals surface area contributed by atoms with Crippen molar-refractivity contribution in [2.75, 3.05) is 6.61 Å². The van der Waals surface area contributed by atoms with Crippen molar-refractivity contribution in [2.45, 2.75) is 13.8 Å². The number of amides is 1. The number of aryl methyl sites for hydroxylation is 2. The van der Waals surface area contributed by atoms with Gasteiger partial charge in [-0.3, -0.25) is 4.79 Å². The molecule has 23 heavy (non-hydrogen) atoms. The topological polar surface area (TPSA) is 50.7 Å². The second kappa shape index (κ2) is 8.13. The van der Waals surface area contributed by atoms with Crippen molar-refractivity contribution in [3.05, 3.63) is 62.6 Å². The fraction of sp³-hybridized carbons (Fsp3) is 0.176. The van der Waals surface area contributed by atoms with Crippen LogP contribution in [0.3, 0.4) is 0 Å². The number of carbonyl (C=O) groups is 1. The van der Waals surface area contributed by atoms with Crippen molar-refractivity contribution in [3.63, 3.8) is 0 Å². The van der Waals surface area contributed by atoms with Crippen molar-refractivity contribution in [1.29, 1.82) is 0 Å². The third-order valence-electron chi connectivity index (χ3n) is 3.05. The number of halogens is 2. The van der Waals surface area contributed by atoms with E-state index in [2.05, 4.69) is 26.5 Å². The van der Waals surface area contributed by atoms with E-state index in [-0.39, 0.29) is 12.5 Å². The number of benzene rings is 2. The van der Waals surface area contributed by atoms with Crippen LogP contribution in [0.5, 0.6) is 5.75 Å². The van der Waals surface area contributed by atoms with E-state index in [4.69, 9.17) is 16.3 Å². The standard InChI is InChI=1S/C17H16BrClN2O2/c1-11-7-14(18)8-12(2)17(11)23-10-16(22)21-20-9-13-3-5-15(19)6-4-13/h3-9H,10H2,1-2H3,(H,21,22)/b20-9+. The summed E-state index contributed by atoms with van der Waals surface area (Å²) in [6.07, 6.45) is 1.55. The maximum absolute atomic E-state index is 11.8. The number of nitrogens with one attached hydrogen (secondary N) is 1. The maximum Gasteiger partial charge on any atom is 0.277 e. The fourth-order valence-corrected chi connectivity index (χ4v) is 2.84. The van der Waals surface area contributed by atoms with Crippen LogP contribution in [0.2, 0.25) is 5.02 Å². The van der Waals surface area contributed by atoms with Gasteiger partial charge in [-0.2, -0.15) is 5.10 Å². The molecule has 0 aliphatic heterocycles. The number of ether oxygens (including phenoxy) is 1. The smallest absolute Gasteiger partial charge is 0.277 e. The SMILES string of the molecule is Cc1cc(Br)cc(C)c1OCC(=O)N/N=C/c1ccc(Cl)cc1. The third kappa shape index (κ3) is 5.37. The summed E-state index contributed by atoms with van der Waals surface area (Å²) < 4.78 is 6.56. The molecule has 0 aliphatic carbocycles. The number of hydrogen-bond donors (Lipinski definition) is 1. The van der Waals surface area contributed by atoms with Crippen LogP contribution in [0.1, 0.15) is 16.7 Å². The Morgan fingerprint density at radius 3 is 2.48 bits per heavy atom. The summed E-state index contributed by atoms with van der Waals surface area (Å²) in [5.74, 6) is 0.391. The molecule has 0 fully saturated rings. The molecule has 0 atom stereocenters. The van der Waals surface area contributed by atoms with Crippen LogP contribution in [0.4, 0.5) is 0 Å². The molecular formula is C17H16BrClN2O2. The predicted octanol–water partition coefficient (Wildman–Crippen LogP) is 4.25. The van der Waals surface area contributed by atoms with Crippen molar-refractivity contribution in [3.8, 4) is 5.75 Å². The summed E-state index contributed by atoms with van der Waals surface area (Å²) >= 11 is 9.22. The van der Waals surface area contributed by atoms with Gasteiger partial charge in [0.05, 0.1) is 6.21 Å². The minimum absolute atomic E-state index is 0.0960. The van der Waals surface area contributed by atoms with E-state index in [0.29, 0.717) is 10.8 Å². The van der Waals surface area contributed by atoms with Gasteiger partial charge >= 0.3 is 0 Å². The van der Waals surface area contributed by atoms with Crippen LogP contribution in [0, 0.1) is 13.8 Å². The van der Waals surface area contributed by atoms with Crippen LogP contribution in [0.15, 0.2) is 46.0 Å². The lowest BCUT2D eigenvalue weighted by molar-refractivity contribution is -0.123. The molecule has 120 valence electrons. The molecule has 0 unspecified atom stereocenters. The predicted molar refractivity (Wildman–Crippen MR) is 96.3 cm³/mol. The number of hydrogen-bond acceptors (Lipinski definition) is 3. The Bertz CT molecular complexity index is 707. The van der Waals surface area contributed by atoms with E-state index in [0.717, 1.165) is 21.2 Å². The van der Waals surface area contributed by atoms with Gasteiger partial charge in [0.1, 0.15) is 5.75 Å². The van der Waals surface area contributed by atoms with Gasteiger partial charge in [-0.1, -0.05) is 39.7 Å². The molecule has 2 aromatic rings. The molecule has 1 amide bonds. The quantitative estimate of drug-likeness (QED) is 0.608. The maximum atomic E-state index is 11.8. The minimum Gasteiger partial charge on any atom is -0.483 e. The summed E-state index contributed by atoms with van der Waals surface area (Å²) in [5, 5.41) is 4.54. The Labute approximate surface area is 148 Å². The van der Waals surface area contributed by atoms with Gasteiger partial charge < -0.3 is 4.74 Å². The molecule has 1 N–H and O–H groups in total. The number of hydrazone groups is 1. The van der Waals surface area contributed by atoms with Gasteiger partial charge in [0.15, 0.2) is 6.61 Å². The monoisotopic (exact) mass is 394 g/mol. The van der Waals surface area contributed by atoms with E-state index >= 15 is 0 Å². The van der Waals surface area contributed by atoms with E-state index in [1.54, 1.807) is 18.3 Å². The highest BCUT2D eigenvalue weighted by atomic mass is 79.9. The fourth-order valence-electron chi connectivity index (χ4n) is 2.02. The van der Waals surface area contributed by atoms with Gasteiger partial charge in [0.25, 0.3) is 5.91 Å². The summed E-state index contributed by atoms with van der Waals surface area (Å²) in [5.41, 5.74) is 5.21. The molecule has 0 spiro atoms. The van der Waals surface area contributed by atoms with Crippen molar-refractivity contribution >= 4 is 39.7 Å². The molecule has 0 bridgehead atoms. The second-order valence-electron chi connectivity index (χ2n) is 5.00. The highest BCUT2D eigenvalue weighted by molar-refractivity contribution is 9.10. The lowest BCUT2D eigenvalue weighted by Crippen LogP contribution is -2.25.